The van der Waals surface area contributed by atoms with Gasteiger partial charge in [-0.2, -0.15) is 0 Å². The second-order valence-corrected chi connectivity index (χ2v) is 3.23. The average molecular weight is 223 g/mol. The van der Waals surface area contributed by atoms with Gasteiger partial charge >= 0.3 is 0 Å². The summed E-state index contributed by atoms with van der Waals surface area (Å²) in [4.78, 5) is 0. The molecule has 1 aliphatic heterocycles. The summed E-state index contributed by atoms with van der Waals surface area (Å²) >= 11 is 5.66. The van der Waals surface area contributed by atoms with Gasteiger partial charge in [0.2, 0.25) is 0 Å². The van der Waals surface area contributed by atoms with Gasteiger partial charge in [0.15, 0.2) is 5.22 Å². The zero-order valence-corrected chi connectivity index (χ0v) is 8.62. The maximum atomic E-state index is 5.66. The van der Waals surface area contributed by atoms with Crippen LogP contribution in [0.5, 0.6) is 0 Å². The van der Waals surface area contributed by atoms with Crippen LogP contribution < -0.4 is 10.6 Å². The van der Waals surface area contributed by atoms with Crippen LogP contribution in [0, 0.1) is 0 Å². The van der Waals surface area contributed by atoms with Crippen LogP contribution in [0.2, 0.25) is 5.22 Å². The lowest BCUT2D eigenvalue weighted by Crippen LogP contribution is -2.42. The van der Waals surface area contributed by atoms with E-state index in [4.69, 9.17) is 16.0 Å². The zero-order valence-electron chi connectivity index (χ0n) is 7.05. The highest BCUT2D eigenvalue weighted by atomic mass is 35.5. The fourth-order valence-corrected chi connectivity index (χ4v) is 1.52. The van der Waals surface area contributed by atoms with Crippen molar-refractivity contribution in [2.24, 2.45) is 0 Å². The first kappa shape index (κ1) is 10.9. The summed E-state index contributed by atoms with van der Waals surface area (Å²) in [5.74, 6) is 0.909. The highest BCUT2D eigenvalue weighted by Gasteiger charge is 2.16. The van der Waals surface area contributed by atoms with E-state index < -0.39 is 0 Å². The molecule has 3 nitrogen and oxygen atoms in total. The molecule has 2 N–H and O–H groups in total. The Morgan fingerprint density at radius 1 is 1.38 bits per heavy atom. The van der Waals surface area contributed by atoms with Crippen molar-refractivity contribution >= 4 is 24.0 Å². The molecule has 2 rings (SSSR count). The molecule has 74 valence electrons. The Labute approximate surface area is 88.2 Å². The van der Waals surface area contributed by atoms with Gasteiger partial charge in [-0.3, -0.25) is 0 Å². The van der Waals surface area contributed by atoms with Crippen LogP contribution in [-0.4, -0.2) is 19.6 Å². The highest BCUT2D eigenvalue weighted by Crippen LogP contribution is 2.19. The molecule has 5 heteroatoms. The van der Waals surface area contributed by atoms with Crippen LogP contribution in [0.25, 0.3) is 0 Å². The van der Waals surface area contributed by atoms with Crippen LogP contribution in [0.3, 0.4) is 0 Å². The van der Waals surface area contributed by atoms with Crippen LogP contribution in [-0.2, 0) is 0 Å². The van der Waals surface area contributed by atoms with Gasteiger partial charge in [0.25, 0.3) is 0 Å². The number of furan rings is 1. The molecular formula is C8H12Cl2N2O. The second-order valence-electron chi connectivity index (χ2n) is 2.85. The van der Waals surface area contributed by atoms with Crippen molar-refractivity contribution in [3.63, 3.8) is 0 Å². The SMILES string of the molecule is Cl.Clc1ccc([C@H]2CNCCN2)o1. The molecule has 1 aromatic rings. The summed E-state index contributed by atoms with van der Waals surface area (Å²) in [6.45, 7) is 2.90. The van der Waals surface area contributed by atoms with E-state index in [1.807, 2.05) is 6.07 Å². The van der Waals surface area contributed by atoms with E-state index >= 15 is 0 Å². The first-order valence-corrected chi connectivity index (χ1v) is 4.43. The van der Waals surface area contributed by atoms with Gasteiger partial charge in [-0.05, 0) is 23.7 Å². The minimum atomic E-state index is 0. The third kappa shape index (κ3) is 2.61. The van der Waals surface area contributed by atoms with Gasteiger partial charge in [0.1, 0.15) is 5.76 Å². The first-order valence-electron chi connectivity index (χ1n) is 4.05. The normalized spacial score (nSPS) is 22.4. The van der Waals surface area contributed by atoms with Gasteiger partial charge in [-0.1, -0.05) is 0 Å². The quantitative estimate of drug-likeness (QED) is 0.759. The predicted molar refractivity (Wildman–Crippen MR) is 54.6 cm³/mol. The smallest absolute Gasteiger partial charge is 0.193 e. The predicted octanol–water partition coefficient (Wildman–Crippen LogP) is 1.59. The topological polar surface area (TPSA) is 37.2 Å². The standard InChI is InChI=1S/C8H11ClN2O.ClH/c9-8-2-1-7(12-8)6-5-10-3-4-11-6;/h1-2,6,10-11H,3-5H2;1H/t6-;/m1./s1. The summed E-state index contributed by atoms with van der Waals surface area (Å²) in [6, 6.07) is 3.95. The van der Waals surface area contributed by atoms with Gasteiger partial charge in [0.05, 0.1) is 6.04 Å². The molecule has 0 saturated carbocycles. The molecule has 0 bridgehead atoms. The molecule has 0 spiro atoms. The summed E-state index contributed by atoms with van der Waals surface area (Å²) in [7, 11) is 0. The van der Waals surface area contributed by atoms with Crippen molar-refractivity contribution in [2.75, 3.05) is 19.6 Å². The van der Waals surface area contributed by atoms with Crippen molar-refractivity contribution in [1.29, 1.82) is 0 Å². The number of halogens is 2. The first-order chi connectivity index (χ1) is 5.86. The van der Waals surface area contributed by atoms with E-state index in [1.165, 1.54) is 0 Å². The number of rotatable bonds is 1. The molecule has 1 aromatic heterocycles. The third-order valence-corrected chi connectivity index (χ3v) is 2.18. The summed E-state index contributed by atoms with van der Waals surface area (Å²) in [5.41, 5.74) is 0. The molecule has 1 fully saturated rings. The largest absolute Gasteiger partial charge is 0.448 e. The Balaban J connectivity index is 0.000000845. The second kappa shape index (κ2) is 4.86. The molecule has 0 aromatic carbocycles. The van der Waals surface area contributed by atoms with Crippen LogP contribution in [0.15, 0.2) is 16.5 Å². The van der Waals surface area contributed by atoms with E-state index in [2.05, 4.69) is 10.6 Å². The van der Waals surface area contributed by atoms with E-state index in [0.717, 1.165) is 25.4 Å². The Morgan fingerprint density at radius 3 is 2.77 bits per heavy atom. The van der Waals surface area contributed by atoms with Gasteiger partial charge < -0.3 is 15.1 Å². The molecule has 0 radical (unpaired) electrons. The fraction of sp³-hybridized carbons (Fsp3) is 0.500. The van der Waals surface area contributed by atoms with E-state index in [1.54, 1.807) is 6.07 Å². The lowest BCUT2D eigenvalue weighted by molar-refractivity contribution is 0.364. The van der Waals surface area contributed by atoms with Crippen molar-refractivity contribution in [2.45, 2.75) is 6.04 Å². The molecule has 13 heavy (non-hydrogen) atoms. The molecule has 0 aliphatic carbocycles. The summed E-state index contributed by atoms with van der Waals surface area (Å²) < 4.78 is 5.29. The van der Waals surface area contributed by atoms with Gasteiger partial charge in [-0.25, -0.2) is 0 Å². The maximum Gasteiger partial charge on any atom is 0.193 e. The molecule has 1 aliphatic rings. The van der Waals surface area contributed by atoms with Gasteiger partial charge in [0, 0.05) is 19.6 Å². The lowest BCUT2D eigenvalue weighted by atomic mass is 10.2. The Kier molecular flexibility index (Phi) is 4.06. The van der Waals surface area contributed by atoms with E-state index in [-0.39, 0.29) is 18.4 Å². The van der Waals surface area contributed by atoms with Crippen LogP contribution in [0.4, 0.5) is 0 Å². The highest BCUT2D eigenvalue weighted by molar-refractivity contribution is 6.28. The van der Waals surface area contributed by atoms with Crippen molar-refractivity contribution in [3.05, 3.63) is 23.1 Å². The lowest BCUT2D eigenvalue weighted by Gasteiger charge is -2.22. The van der Waals surface area contributed by atoms with Gasteiger partial charge in [-0.15, -0.1) is 12.4 Å². The molecular weight excluding hydrogens is 211 g/mol. The molecule has 1 atom stereocenters. The Bertz CT molecular complexity index is 258. The summed E-state index contributed by atoms with van der Waals surface area (Å²) in [6.07, 6.45) is 0. The van der Waals surface area contributed by atoms with Crippen LogP contribution in [0.1, 0.15) is 11.8 Å². The number of nitrogens with one attached hydrogen (secondary N) is 2. The molecule has 0 unspecified atom stereocenters. The number of hydrogen-bond donors (Lipinski definition) is 2. The molecule has 2 heterocycles. The number of hydrogen-bond acceptors (Lipinski definition) is 3. The minimum Gasteiger partial charge on any atom is -0.448 e. The molecule has 1 saturated heterocycles. The zero-order chi connectivity index (χ0) is 8.39. The average Bonchev–Trinajstić information content (AvgIpc) is 2.54. The van der Waals surface area contributed by atoms with E-state index in [9.17, 15) is 0 Å². The minimum absolute atomic E-state index is 0. The molecule has 0 amide bonds. The van der Waals surface area contributed by atoms with E-state index in [0.29, 0.717) is 5.22 Å². The Hall–Kier alpha value is -0.220. The summed E-state index contributed by atoms with van der Waals surface area (Å²) in [5, 5.41) is 7.07. The van der Waals surface area contributed by atoms with Crippen LogP contribution >= 0.6 is 24.0 Å². The maximum absolute atomic E-state index is 5.66. The Morgan fingerprint density at radius 2 is 2.23 bits per heavy atom. The van der Waals surface area contributed by atoms with Crippen molar-refractivity contribution in [3.8, 4) is 0 Å². The van der Waals surface area contributed by atoms with Crippen molar-refractivity contribution in [1.82, 2.24) is 10.6 Å². The third-order valence-electron chi connectivity index (χ3n) is 1.98. The monoisotopic (exact) mass is 222 g/mol. The fourth-order valence-electron chi connectivity index (χ4n) is 1.37. The number of piperazine rings is 1. The van der Waals surface area contributed by atoms with Crippen molar-refractivity contribution < 1.29 is 4.42 Å².